The first-order chi connectivity index (χ1) is 18.2. The third kappa shape index (κ3) is 5.45. The fourth-order valence-electron chi connectivity index (χ4n) is 7.73. The summed E-state index contributed by atoms with van der Waals surface area (Å²) in [5, 5.41) is 12.2. The topological polar surface area (TPSA) is 88.8 Å². The first kappa shape index (κ1) is 27.4. The molecule has 210 valence electrons. The molecule has 0 aromatic carbocycles. The molecule has 7 nitrogen and oxygen atoms in total. The third-order valence-corrected chi connectivity index (χ3v) is 10.1. The zero-order valence-electron chi connectivity index (χ0n) is 23.4. The lowest BCUT2D eigenvalue weighted by Gasteiger charge is -2.53. The number of rotatable bonds is 8. The molecule has 1 N–H and O–H groups in total. The number of aliphatic hydroxyl groups is 1. The maximum Gasteiger partial charge on any atom is 0.339 e. The summed E-state index contributed by atoms with van der Waals surface area (Å²) >= 11 is 0. The van der Waals surface area contributed by atoms with E-state index in [-0.39, 0.29) is 36.5 Å². The average molecular weight is 527 g/mol. The Morgan fingerprint density at radius 2 is 1.79 bits per heavy atom. The maximum absolute atomic E-state index is 13.6. The predicted molar refractivity (Wildman–Crippen MR) is 146 cm³/mol. The minimum absolute atomic E-state index is 0.00692. The van der Waals surface area contributed by atoms with Crippen molar-refractivity contribution in [1.29, 1.82) is 0 Å². The highest BCUT2D eigenvalue weighted by molar-refractivity contribution is 5.91. The van der Waals surface area contributed by atoms with E-state index >= 15 is 0 Å². The Balaban J connectivity index is 1.35. The molecule has 7 heteroatoms. The van der Waals surface area contributed by atoms with Crippen LogP contribution >= 0.6 is 0 Å². The van der Waals surface area contributed by atoms with Gasteiger partial charge in [0.2, 0.25) is 5.91 Å². The zero-order chi connectivity index (χ0) is 26.9. The number of ether oxygens (including phenoxy) is 1. The Morgan fingerprint density at radius 1 is 1.08 bits per heavy atom. The van der Waals surface area contributed by atoms with E-state index in [1.165, 1.54) is 36.7 Å². The standard InChI is InChI=1S/C31H46N2O5/c1-3-38-29(36)26-19-33(27(34)18-25(26)24-11-12-24)21-31(37)15-16-32(20-30(31)13-7-8-14-30)28(35)22(2)17-23-9-5-4-6-10-23/h18-19,22-24,37H,3-17,20-21H2,1-2H3/t22?,31-/m1/s1. The fraction of sp³-hybridized carbons (Fsp3) is 0.774. The molecule has 0 radical (unpaired) electrons. The highest BCUT2D eigenvalue weighted by Gasteiger charge is 2.56. The van der Waals surface area contributed by atoms with Crippen LogP contribution in [0, 0.1) is 17.3 Å². The summed E-state index contributed by atoms with van der Waals surface area (Å²) in [6, 6.07) is 1.58. The van der Waals surface area contributed by atoms with Crippen LogP contribution in [0.3, 0.4) is 0 Å². The fourth-order valence-corrected chi connectivity index (χ4v) is 7.73. The van der Waals surface area contributed by atoms with Crippen LogP contribution < -0.4 is 5.56 Å². The lowest BCUT2D eigenvalue weighted by molar-refractivity contribution is -0.163. The van der Waals surface area contributed by atoms with Gasteiger partial charge in [0.05, 0.1) is 24.3 Å². The minimum atomic E-state index is -1.11. The molecule has 2 atom stereocenters. The van der Waals surface area contributed by atoms with Gasteiger partial charge in [-0.3, -0.25) is 9.59 Å². The minimum Gasteiger partial charge on any atom is -0.462 e. The van der Waals surface area contributed by atoms with Crippen LogP contribution in [0.4, 0.5) is 0 Å². The predicted octanol–water partition coefficient (Wildman–Crippen LogP) is 5.03. The summed E-state index contributed by atoms with van der Waals surface area (Å²) in [5.74, 6) is 0.722. The van der Waals surface area contributed by atoms with E-state index in [1.54, 1.807) is 19.2 Å². The molecule has 1 spiro atoms. The van der Waals surface area contributed by atoms with Gasteiger partial charge in [-0.1, -0.05) is 51.9 Å². The van der Waals surface area contributed by atoms with E-state index in [0.717, 1.165) is 50.5 Å². The maximum atomic E-state index is 13.6. The molecule has 38 heavy (non-hydrogen) atoms. The molecule has 1 saturated heterocycles. The largest absolute Gasteiger partial charge is 0.462 e. The van der Waals surface area contributed by atoms with Crippen LogP contribution in [-0.4, -0.2) is 51.7 Å². The molecule has 1 aromatic heterocycles. The summed E-state index contributed by atoms with van der Waals surface area (Å²) in [4.78, 5) is 41.5. The monoisotopic (exact) mass is 526 g/mol. The van der Waals surface area contributed by atoms with Crippen molar-refractivity contribution in [2.75, 3.05) is 19.7 Å². The van der Waals surface area contributed by atoms with Gasteiger partial charge >= 0.3 is 5.97 Å². The molecule has 4 fully saturated rings. The van der Waals surface area contributed by atoms with E-state index in [0.29, 0.717) is 31.0 Å². The molecule has 3 saturated carbocycles. The normalized spacial score (nSPS) is 26.4. The summed E-state index contributed by atoms with van der Waals surface area (Å²) in [6.45, 7) is 5.34. The van der Waals surface area contributed by atoms with Gasteiger partial charge in [-0.2, -0.15) is 0 Å². The molecule has 5 rings (SSSR count). The number of carbonyl (C=O) groups is 2. The Kier molecular flexibility index (Phi) is 8.04. The second kappa shape index (κ2) is 11.1. The van der Waals surface area contributed by atoms with E-state index in [1.807, 2.05) is 4.90 Å². The Labute approximate surface area is 226 Å². The Morgan fingerprint density at radius 3 is 2.45 bits per heavy atom. The third-order valence-electron chi connectivity index (χ3n) is 10.1. The van der Waals surface area contributed by atoms with Crippen molar-refractivity contribution in [3.63, 3.8) is 0 Å². The van der Waals surface area contributed by atoms with Gasteiger partial charge in [0.25, 0.3) is 5.56 Å². The van der Waals surface area contributed by atoms with Crippen LogP contribution in [0.25, 0.3) is 0 Å². The Hall–Kier alpha value is -2.15. The number of carbonyl (C=O) groups excluding carboxylic acids is 2. The number of amides is 1. The zero-order valence-corrected chi connectivity index (χ0v) is 23.4. The van der Waals surface area contributed by atoms with Crippen LogP contribution in [0.1, 0.15) is 119 Å². The van der Waals surface area contributed by atoms with Crippen molar-refractivity contribution >= 4 is 11.9 Å². The van der Waals surface area contributed by atoms with E-state index in [4.69, 9.17) is 4.74 Å². The summed E-state index contributed by atoms with van der Waals surface area (Å²) in [7, 11) is 0. The molecular weight excluding hydrogens is 480 g/mol. The number of esters is 1. The molecule has 4 aliphatic rings. The lowest BCUT2D eigenvalue weighted by Crippen LogP contribution is -2.62. The molecule has 0 bridgehead atoms. The van der Waals surface area contributed by atoms with Gasteiger partial charge in [0.15, 0.2) is 0 Å². The molecular formula is C31H46N2O5. The highest BCUT2D eigenvalue weighted by Crippen LogP contribution is 2.52. The number of hydrogen-bond acceptors (Lipinski definition) is 5. The van der Waals surface area contributed by atoms with Gasteiger partial charge < -0.3 is 19.3 Å². The van der Waals surface area contributed by atoms with Gasteiger partial charge in [-0.05, 0) is 62.8 Å². The molecule has 3 aliphatic carbocycles. The van der Waals surface area contributed by atoms with Crippen molar-refractivity contribution in [3.05, 3.63) is 33.7 Å². The smallest absolute Gasteiger partial charge is 0.339 e. The second-order valence-corrected chi connectivity index (χ2v) is 12.8. The van der Waals surface area contributed by atoms with Crippen molar-refractivity contribution in [3.8, 4) is 0 Å². The number of hydrogen-bond donors (Lipinski definition) is 1. The molecule has 2 heterocycles. The number of piperidine rings is 1. The van der Waals surface area contributed by atoms with Gasteiger partial charge in [0, 0.05) is 36.7 Å². The first-order valence-corrected chi connectivity index (χ1v) is 15.2. The lowest BCUT2D eigenvalue weighted by atomic mass is 9.65. The van der Waals surface area contributed by atoms with Crippen molar-refractivity contribution in [2.45, 2.75) is 115 Å². The van der Waals surface area contributed by atoms with Crippen LogP contribution in [0.2, 0.25) is 0 Å². The molecule has 1 amide bonds. The number of likely N-dealkylation sites (tertiary alicyclic amines) is 1. The van der Waals surface area contributed by atoms with E-state index in [9.17, 15) is 19.5 Å². The van der Waals surface area contributed by atoms with Crippen molar-refractivity contribution in [2.24, 2.45) is 17.3 Å². The van der Waals surface area contributed by atoms with Crippen LogP contribution in [0.15, 0.2) is 17.1 Å². The number of nitrogens with zero attached hydrogens (tertiary/aromatic N) is 2. The summed E-state index contributed by atoms with van der Waals surface area (Å²) in [5.41, 5.74) is -0.489. The van der Waals surface area contributed by atoms with Gasteiger partial charge in [-0.25, -0.2) is 4.79 Å². The number of pyridine rings is 1. The Bertz CT molecular complexity index is 1080. The SMILES string of the molecule is CCOC(=O)c1cn(C[C@]2(O)CCN(C(=O)C(C)CC3CCCCC3)CC23CCCC3)c(=O)cc1C1CC1. The van der Waals surface area contributed by atoms with E-state index < -0.39 is 17.0 Å². The van der Waals surface area contributed by atoms with Gasteiger partial charge in [0.1, 0.15) is 0 Å². The molecule has 1 aromatic rings. The first-order valence-electron chi connectivity index (χ1n) is 15.2. The van der Waals surface area contributed by atoms with Crippen molar-refractivity contribution < 1.29 is 19.4 Å². The average Bonchev–Trinajstić information content (AvgIpc) is 3.65. The van der Waals surface area contributed by atoms with Crippen molar-refractivity contribution in [1.82, 2.24) is 9.47 Å². The summed E-state index contributed by atoms with van der Waals surface area (Å²) in [6.07, 6.45) is 15.1. The number of aromatic nitrogens is 1. The van der Waals surface area contributed by atoms with Gasteiger partial charge in [-0.15, -0.1) is 0 Å². The highest BCUT2D eigenvalue weighted by atomic mass is 16.5. The second-order valence-electron chi connectivity index (χ2n) is 12.8. The molecule has 1 unspecified atom stereocenters. The van der Waals surface area contributed by atoms with Crippen LogP contribution in [0.5, 0.6) is 0 Å². The quantitative estimate of drug-likeness (QED) is 0.480. The van der Waals surface area contributed by atoms with Crippen LogP contribution in [-0.2, 0) is 16.1 Å². The molecule has 1 aliphatic heterocycles. The van der Waals surface area contributed by atoms with E-state index in [2.05, 4.69) is 6.92 Å². The summed E-state index contributed by atoms with van der Waals surface area (Å²) < 4.78 is 6.84.